The highest BCUT2D eigenvalue weighted by Gasteiger charge is 2.40. The van der Waals surface area contributed by atoms with Crippen LogP contribution in [0.4, 0.5) is 17.2 Å². The maximum absolute atomic E-state index is 10.3. The van der Waals surface area contributed by atoms with Crippen LogP contribution in [0.3, 0.4) is 0 Å². The lowest BCUT2D eigenvalue weighted by Gasteiger charge is -2.43. The predicted molar refractivity (Wildman–Crippen MR) is 141 cm³/mol. The van der Waals surface area contributed by atoms with Gasteiger partial charge >= 0.3 is 0 Å². The first kappa shape index (κ1) is 22.2. The Bertz CT molecular complexity index is 1180. The number of anilines is 3. The van der Waals surface area contributed by atoms with Gasteiger partial charge in [0, 0.05) is 36.4 Å². The van der Waals surface area contributed by atoms with Crippen LogP contribution in [0.2, 0.25) is 0 Å². The summed E-state index contributed by atoms with van der Waals surface area (Å²) in [6, 6.07) is 19.4. The molecule has 4 heterocycles. The molecule has 3 aromatic rings. The molecule has 0 spiro atoms. The Labute approximate surface area is 207 Å². The Balaban J connectivity index is 1.22. The third kappa shape index (κ3) is 4.41. The number of hydrogen-bond acceptors (Lipinski definition) is 7. The zero-order valence-corrected chi connectivity index (χ0v) is 20.1. The summed E-state index contributed by atoms with van der Waals surface area (Å²) in [5.74, 6) is 1.44. The number of para-hydroxylation sites is 1. The SMILES string of the molecule is Nc1nnc(-c2ccccc2O)cc1N1CC2CCC(C1)N2c1cccc(CC2CCNCC2)c1. The lowest BCUT2D eigenvalue weighted by atomic mass is 9.91. The molecule has 6 rings (SSSR count). The van der Waals surface area contributed by atoms with Crippen molar-refractivity contribution >= 4 is 17.2 Å². The molecule has 182 valence electrons. The summed E-state index contributed by atoms with van der Waals surface area (Å²) in [5.41, 5.74) is 11.4. The molecule has 3 fully saturated rings. The summed E-state index contributed by atoms with van der Waals surface area (Å²) in [4.78, 5) is 5.02. The van der Waals surface area contributed by atoms with Crippen molar-refractivity contribution in [1.29, 1.82) is 0 Å². The number of phenolic OH excluding ortho intramolecular Hbond substituents is 1. The lowest BCUT2D eigenvalue weighted by Crippen LogP contribution is -2.54. The van der Waals surface area contributed by atoms with Gasteiger partial charge in [-0.15, -0.1) is 10.2 Å². The molecule has 2 aromatic carbocycles. The summed E-state index contributed by atoms with van der Waals surface area (Å²) in [6.07, 6.45) is 6.10. The molecule has 7 heteroatoms. The van der Waals surface area contributed by atoms with Gasteiger partial charge < -0.3 is 26.0 Å². The van der Waals surface area contributed by atoms with E-state index in [1.807, 2.05) is 24.3 Å². The molecular weight excluding hydrogens is 436 g/mol. The van der Waals surface area contributed by atoms with Crippen LogP contribution in [0, 0.1) is 5.92 Å². The summed E-state index contributed by atoms with van der Waals surface area (Å²) in [6.45, 7) is 4.11. The average Bonchev–Trinajstić information content (AvgIpc) is 3.15. The van der Waals surface area contributed by atoms with Crippen LogP contribution in [-0.2, 0) is 6.42 Å². The minimum absolute atomic E-state index is 0.201. The largest absolute Gasteiger partial charge is 0.507 e. The van der Waals surface area contributed by atoms with E-state index in [2.05, 4.69) is 49.6 Å². The minimum atomic E-state index is 0.201. The summed E-state index contributed by atoms with van der Waals surface area (Å²) in [7, 11) is 0. The topological polar surface area (TPSA) is 90.5 Å². The minimum Gasteiger partial charge on any atom is -0.507 e. The maximum Gasteiger partial charge on any atom is 0.169 e. The van der Waals surface area contributed by atoms with Crippen LogP contribution in [0.5, 0.6) is 5.75 Å². The highest BCUT2D eigenvalue weighted by molar-refractivity contribution is 5.74. The lowest BCUT2D eigenvalue weighted by molar-refractivity contribution is 0.372. The number of piperidine rings is 1. The van der Waals surface area contributed by atoms with E-state index >= 15 is 0 Å². The van der Waals surface area contributed by atoms with Gasteiger partial charge in [-0.3, -0.25) is 0 Å². The van der Waals surface area contributed by atoms with Crippen molar-refractivity contribution in [1.82, 2.24) is 15.5 Å². The van der Waals surface area contributed by atoms with Crippen LogP contribution in [0.15, 0.2) is 54.6 Å². The number of nitrogens with zero attached hydrogens (tertiary/aromatic N) is 4. The van der Waals surface area contributed by atoms with E-state index in [-0.39, 0.29) is 5.75 Å². The third-order valence-corrected chi connectivity index (χ3v) is 8.00. The Morgan fingerprint density at radius 3 is 2.46 bits per heavy atom. The highest BCUT2D eigenvalue weighted by Crippen LogP contribution is 2.39. The number of phenols is 1. The first-order chi connectivity index (χ1) is 17.2. The third-order valence-electron chi connectivity index (χ3n) is 8.00. The molecule has 3 aliphatic heterocycles. The molecule has 2 atom stereocenters. The van der Waals surface area contributed by atoms with Gasteiger partial charge in [0.15, 0.2) is 5.82 Å². The van der Waals surface area contributed by atoms with Gasteiger partial charge in [0.05, 0.1) is 11.4 Å². The number of nitrogens with two attached hydrogens (primary N) is 1. The van der Waals surface area contributed by atoms with Crippen LogP contribution < -0.4 is 20.9 Å². The number of aromatic hydroxyl groups is 1. The first-order valence-electron chi connectivity index (χ1n) is 12.9. The van der Waals surface area contributed by atoms with Crippen LogP contribution >= 0.6 is 0 Å². The Morgan fingerprint density at radius 1 is 0.914 bits per heavy atom. The summed E-state index contributed by atoms with van der Waals surface area (Å²) >= 11 is 0. The van der Waals surface area contributed by atoms with E-state index in [0.717, 1.165) is 37.8 Å². The second-order valence-electron chi connectivity index (χ2n) is 10.3. The van der Waals surface area contributed by atoms with E-state index in [4.69, 9.17) is 5.73 Å². The van der Waals surface area contributed by atoms with E-state index < -0.39 is 0 Å². The average molecular weight is 471 g/mol. The standard InChI is InChI=1S/C28H34N6O/c29-28-26(16-25(31-32-28)24-6-1-2-7-27(24)35)33-17-22-8-9-23(18-33)34(22)21-5-3-4-20(15-21)14-19-10-12-30-13-11-19/h1-7,15-16,19,22-23,30,35H,8-14,17-18H2,(H2,29,32). The van der Waals surface area contributed by atoms with Gasteiger partial charge in [0.25, 0.3) is 0 Å². The smallest absolute Gasteiger partial charge is 0.169 e. The normalized spacial score (nSPS) is 22.5. The Hall–Kier alpha value is -3.32. The van der Waals surface area contributed by atoms with E-state index in [9.17, 15) is 5.11 Å². The quantitative estimate of drug-likeness (QED) is 0.522. The maximum atomic E-state index is 10.3. The fraction of sp³-hybridized carbons (Fsp3) is 0.429. The molecule has 0 radical (unpaired) electrons. The summed E-state index contributed by atoms with van der Waals surface area (Å²) in [5, 5.41) is 22.3. The Kier molecular flexibility index (Phi) is 5.94. The molecule has 0 saturated carbocycles. The monoisotopic (exact) mass is 470 g/mol. The van der Waals surface area contributed by atoms with Crippen molar-refractivity contribution in [3.8, 4) is 17.0 Å². The fourth-order valence-corrected chi connectivity index (χ4v) is 6.25. The zero-order valence-electron chi connectivity index (χ0n) is 20.1. The molecule has 1 aromatic heterocycles. The summed E-state index contributed by atoms with van der Waals surface area (Å²) < 4.78 is 0. The van der Waals surface area contributed by atoms with Crippen LogP contribution in [0.25, 0.3) is 11.3 Å². The van der Waals surface area contributed by atoms with Crippen LogP contribution in [-0.4, -0.2) is 53.6 Å². The van der Waals surface area contributed by atoms with Crippen molar-refractivity contribution in [2.24, 2.45) is 5.92 Å². The number of hydrogen-bond donors (Lipinski definition) is 3. The van der Waals surface area contributed by atoms with Gasteiger partial charge in [-0.1, -0.05) is 24.3 Å². The number of nitrogens with one attached hydrogen (secondary N) is 1. The number of benzene rings is 2. The number of rotatable bonds is 5. The molecule has 2 bridgehead atoms. The van der Waals surface area contributed by atoms with Crippen molar-refractivity contribution in [2.45, 2.75) is 44.2 Å². The van der Waals surface area contributed by atoms with Gasteiger partial charge in [-0.05, 0) is 87.0 Å². The van der Waals surface area contributed by atoms with Crippen molar-refractivity contribution < 1.29 is 5.11 Å². The molecule has 35 heavy (non-hydrogen) atoms. The van der Waals surface area contributed by atoms with Crippen molar-refractivity contribution in [3.05, 3.63) is 60.2 Å². The van der Waals surface area contributed by atoms with Gasteiger partial charge in [0.2, 0.25) is 0 Å². The molecule has 3 aliphatic rings. The Morgan fingerprint density at radius 2 is 1.69 bits per heavy atom. The number of nitrogen functional groups attached to an aromatic ring is 1. The molecule has 0 amide bonds. The van der Waals surface area contributed by atoms with Crippen molar-refractivity contribution in [3.63, 3.8) is 0 Å². The fourth-order valence-electron chi connectivity index (χ4n) is 6.25. The number of fused-ring (bicyclic) bond motifs is 2. The number of aromatic nitrogens is 2. The van der Waals surface area contributed by atoms with E-state index in [0.29, 0.717) is 29.2 Å². The van der Waals surface area contributed by atoms with E-state index in [1.54, 1.807) is 6.07 Å². The van der Waals surface area contributed by atoms with Crippen LogP contribution in [0.1, 0.15) is 31.2 Å². The second kappa shape index (κ2) is 9.38. The highest BCUT2D eigenvalue weighted by atomic mass is 16.3. The van der Waals surface area contributed by atoms with Gasteiger partial charge in [0.1, 0.15) is 5.75 Å². The zero-order chi connectivity index (χ0) is 23.8. The molecule has 4 N–H and O–H groups in total. The van der Waals surface area contributed by atoms with Crippen molar-refractivity contribution in [2.75, 3.05) is 41.7 Å². The molecule has 7 nitrogen and oxygen atoms in total. The van der Waals surface area contributed by atoms with E-state index in [1.165, 1.54) is 43.4 Å². The molecular formula is C28H34N6O. The molecule has 2 unspecified atom stereocenters. The second-order valence-corrected chi connectivity index (χ2v) is 10.3. The van der Waals surface area contributed by atoms with Gasteiger partial charge in [-0.25, -0.2) is 0 Å². The number of piperazine rings is 1. The first-order valence-corrected chi connectivity index (χ1v) is 12.9. The molecule has 3 saturated heterocycles. The van der Waals surface area contributed by atoms with Gasteiger partial charge in [-0.2, -0.15) is 0 Å². The molecule has 0 aliphatic carbocycles. The predicted octanol–water partition coefficient (Wildman–Crippen LogP) is 3.83.